The fourth-order valence-corrected chi connectivity index (χ4v) is 3.97. The number of rotatable bonds is 4. The molecule has 5 nitrogen and oxygen atoms in total. The standard InChI is InChI=1S/C19H23N3O2S/c1-14-5-3-4-6-17(14)19-20-16(13-25-19)7-8-18(24)22-11-9-21(10-12-22)15(2)23/h3-6,13H,7-12H2,1-2H3. The maximum Gasteiger partial charge on any atom is 0.223 e. The number of carbonyl (C=O) groups is 2. The molecule has 0 unspecified atom stereocenters. The molecule has 1 aliphatic rings. The van der Waals surface area contributed by atoms with Gasteiger partial charge in [-0.25, -0.2) is 4.98 Å². The summed E-state index contributed by atoms with van der Waals surface area (Å²) >= 11 is 1.63. The Labute approximate surface area is 152 Å². The minimum Gasteiger partial charge on any atom is -0.339 e. The lowest BCUT2D eigenvalue weighted by Crippen LogP contribution is -2.50. The first-order valence-corrected chi connectivity index (χ1v) is 9.46. The van der Waals surface area contributed by atoms with E-state index < -0.39 is 0 Å². The van der Waals surface area contributed by atoms with E-state index in [0.717, 1.165) is 16.3 Å². The van der Waals surface area contributed by atoms with Crippen molar-refractivity contribution < 1.29 is 9.59 Å². The fourth-order valence-electron chi connectivity index (χ4n) is 3.02. The number of nitrogens with zero attached hydrogens (tertiary/aromatic N) is 3. The molecule has 2 aromatic rings. The third-order valence-corrected chi connectivity index (χ3v) is 5.52. The first kappa shape index (κ1) is 17.6. The maximum atomic E-state index is 12.4. The molecule has 2 heterocycles. The van der Waals surface area contributed by atoms with Gasteiger partial charge in [-0.3, -0.25) is 9.59 Å². The van der Waals surface area contributed by atoms with E-state index in [1.54, 1.807) is 23.2 Å². The summed E-state index contributed by atoms with van der Waals surface area (Å²) in [6.07, 6.45) is 1.13. The smallest absolute Gasteiger partial charge is 0.223 e. The summed E-state index contributed by atoms with van der Waals surface area (Å²) in [5, 5.41) is 3.05. The zero-order valence-corrected chi connectivity index (χ0v) is 15.5. The van der Waals surface area contributed by atoms with E-state index >= 15 is 0 Å². The van der Waals surface area contributed by atoms with E-state index in [1.165, 1.54) is 5.56 Å². The zero-order valence-electron chi connectivity index (χ0n) is 14.7. The number of thiazole rings is 1. The number of aryl methyl sites for hydroxylation is 2. The summed E-state index contributed by atoms with van der Waals surface area (Å²) in [6, 6.07) is 8.21. The van der Waals surface area contributed by atoms with Crippen LogP contribution in [0, 0.1) is 6.92 Å². The van der Waals surface area contributed by atoms with E-state index in [2.05, 4.69) is 24.0 Å². The molecular weight excluding hydrogens is 334 g/mol. The minimum atomic E-state index is 0.0818. The Bertz CT molecular complexity index is 764. The van der Waals surface area contributed by atoms with Gasteiger partial charge in [0.25, 0.3) is 0 Å². The molecule has 1 fully saturated rings. The molecule has 0 N–H and O–H groups in total. The third kappa shape index (κ3) is 4.25. The van der Waals surface area contributed by atoms with Crippen LogP contribution in [0.1, 0.15) is 24.6 Å². The number of hydrogen-bond acceptors (Lipinski definition) is 4. The average Bonchev–Trinajstić information content (AvgIpc) is 3.09. The van der Waals surface area contributed by atoms with Gasteiger partial charge in [0, 0.05) is 50.5 Å². The highest BCUT2D eigenvalue weighted by Gasteiger charge is 2.22. The number of aromatic nitrogens is 1. The highest BCUT2D eigenvalue weighted by molar-refractivity contribution is 7.13. The molecule has 1 aromatic carbocycles. The van der Waals surface area contributed by atoms with Gasteiger partial charge in [0.1, 0.15) is 5.01 Å². The monoisotopic (exact) mass is 357 g/mol. The molecule has 132 valence electrons. The predicted molar refractivity (Wildman–Crippen MR) is 99.4 cm³/mol. The molecule has 0 radical (unpaired) electrons. The second kappa shape index (κ2) is 7.78. The highest BCUT2D eigenvalue weighted by Crippen LogP contribution is 2.27. The van der Waals surface area contributed by atoms with Crippen LogP contribution in [0.25, 0.3) is 10.6 Å². The summed E-state index contributed by atoms with van der Waals surface area (Å²) in [5.41, 5.74) is 3.34. The number of benzene rings is 1. The lowest BCUT2D eigenvalue weighted by Gasteiger charge is -2.34. The van der Waals surface area contributed by atoms with Crippen molar-refractivity contribution in [1.82, 2.24) is 14.8 Å². The van der Waals surface area contributed by atoms with Crippen LogP contribution in [0.5, 0.6) is 0 Å². The highest BCUT2D eigenvalue weighted by atomic mass is 32.1. The largest absolute Gasteiger partial charge is 0.339 e. The molecule has 0 saturated carbocycles. The Morgan fingerprint density at radius 2 is 1.80 bits per heavy atom. The van der Waals surface area contributed by atoms with E-state index in [0.29, 0.717) is 39.0 Å². The average molecular weight is 357 g/mol. The number of amides is 2. The quantitative estimate of drug-likeness (QED) is 0.845. The Hall–Kier alpha value is -2.21. The normalized spacial score (nSPS) is 14.6. The number of piperazine rings is 1. The van der Waals surface area contributed by atoms with Crippen LogP contribution in [0.3, 0.4) is 0 Å². The van der Waals surface area contributed by atoms with Crippen LogP contribution < -0.4 is 0 Å². The predicted octanol–water partition coefficient (Wildman–Crippen LogP) is 2.74. The molecule has 0 bridgehead atoms. The van der Waals surface area contributed by atoms with Crippen molar-refractivity contribution in [2.24, 2.45) is 0 Å². The topological polar surface area (TPSA) is 53.5 Å². The molecule has 1 aromatic heterocycles. The minimum absolute atomic E-state index is 0.0818. The van der Waals surface area contributed by atoms with Gasteiger partial charge in [-0.05, 0) is 18.9 Å². The van der Waals surface area contributed by atoms with E-state index in [1.807, 2.05) is 22.4 Å². The van der Waals surface area contributed by atoms with Gasteiger partial charge in [-0.15, -0.1) is 11.3 Å². The SMILES string of the molecule is CC(=O)N1CCN(C(=O)CCc2csc(-c3ccccc3C)n2)CC1. The summed E-state index contributed by atoms with van der Waals surface area (Å²) in [4.78, 5) is 32.1. The van der Waals surface area contributed by atoms with Crippen molar-refractivity contribution in [2.45, 2.75) is 26.7 Å². The summed E-state index contributed by atoms with van der Waals surface area (Å²) in [6.45, 7) is 6.19. The Morgan fingerprint density at radius 1 is 1.12 bits per heavy atom. The number of carbonyl (C=O) groups excluding carboxylic acids is 2. The molecule has 2 amide bonds. The van der Waals surface area contributed by atoms with E-state index in [4.69, 9.17) is 0 Å². The van der Waals surface area contributed by atoms with Crippen molar-refractivity contribution in [2.75, 3.05) is 26.2 Å². The lowest BCUT2D eigenvalue weighted by atomic mass is 10.1. The Morgan fingerprint density at radius 3 is 2.48 bits per heavy atom. The zero-order chi connectivity index (χ0) is 17.8. The lowest BCUT2D eigenvalue weighted by molar-refractivity contribution is -0.138. The summed E-state index contributed by atoms with van der Waals surface area (Å²) in [5.74, 6) is 0.229. The Balaban J connectivity index is 1.53. The van der Waals surface area contributed by atoms with Crippen LogP contribution in [0.15, 0.2) is 29.6 Å². The Kier molecular flexibility index (Phi) is 5.48. The molecule has 0 atom stereocenters. The van der Waals surface area contributed by atoms with Crippen molar-refractivity contribution in [3.63, 3.8) is 0 Å². The molecule has 0 spiro atoms. The van der Waals surface area contributed by atoms with Crippen LogP contribution in [-0.2, 0) is 16.0 Å². The molecule has 0 aliphatic carbocycles. The van der Waals surface area contributed by atoms with Gasteiger partial charge >= 0.3 is 0 Å². The fraction of sp³-hybridized carbons (Fsp3) is 0.421. The molecule has 1 aliphatic heterocycles. The van der Waals surface area contributed by atoms with Gasteiger partial charge < -0.3 is 9.80 Å². The van der Waals surface area contributed by atoms with Gasteiger partial charge in [0.05, 0.1) is 5.69 Å². The summed E-state index contributed by atoms with van der Waals surface area (Å²) in [7, 11) is 0. The van der Waals surface area contributed by atoms with Gasteiger partial charge in [0.2, 0.25) is 11.8 Å². The first-order valence-electron chi connectivity index (χ1n) is 8.58. The van der Waals surface area contributed by atoms with Gasteiger partial charge in [0.15, 0.2) is 0 Å². The van der Waals surface area contributed by atoms with Gasteiger partial charge in [-0.2, -0.15) is 0 Å². The second-order valence-corrected chi connectivity index (χ2v) is 7.20. The van der Waals surface area contributed by atoms with Gasteiger partial charge in [-0.1, -0.05) is 24.3 Å². The van der Waals surface area contributed by atoms with E-state index in [-0.39, 0.29) is 11.8 Å². The third-order valence-electron chi connectivity index (χ3n) is 4.60. The molecule has 25 heavy (non-hydrogen) atoms. The second-order valence-electron chi connectivity index (χ2n) is 6.35. The first-order chi connectivity index (χ1) is 12.0. The van der Waals surface area contributed by atoms with Crippen LogP contribution in [0.4, 0.5) is 0 Å². The number of hydrogen-bond donors (Lipinski definition) is 0. The molecule has 6 heteroatoms. The van der Waals surface area contributed by atoms with Crippen molar-refractivity contribution in [1.29, 1.82) is 0 Å². The van der Waals surface area contributed by atoms with Crippen LogP contribution in [0.2, 0.25) is 0 Å². The van der Waals surface area contributed by atoms with Crippen LogP contribution in [-0.4, -0.2) is 52.8 Å². The van der Waals surface area contributed by atoms with Crippen molar-refractivity contribution in [3.8, 4) is 10.6 Å². The molecule has 1 saturated heterocycles. The summed E-state index contributed by atoms with van der Waals surface area (Å²) < 4.78 is 0. The van der Waals surface area contributed by atoms with E-state index in [9.17, 15) is 9.59 Å². The maximum absolute atomic E-state index is 12.4. The van der Waals surface area contributed by atoms with Crippen molar-refractivity contribution in [3.05, 3.63) is 40.9 Å². The van der Waals surface area contributed by atoms with Crippen molar-refractivity contribution >= 4 is 23.2 Å². The molecule has 3 rings (SSSR count). The van der Waals surface area contributed by atoms with Crippen LogP contribution >= 0.6 is 11.3 Å². The molecular formula is C19H23N3O2S.